The van der Waals surface area contributed by atoms with Gasteiger partial charge in [0.25, 0.3) is 0 Å². The molecule has 90 valence electrons. The van der Waals surface area contributed by atoms with E-state index in [1.54, 1.807) is 0 Å². The van der Waals surface area contributed by atoms with Crippen LogP contribution in [0, 0.1) is 0 Å². The van der Waals surface area contributed by atoms with Gasteiger partial charge in [-0.1, -0.05) is 6.08 Å². The van der Waals surface area contributed by atoms with Crippen LogP contribution >= 0.6 is 0 Å². The molecule has 15 heavy (non-hydrogen) atoms. The van der Waals surface area contributed by atoms with Gasteiger partial charge >= 0.3 is 18.0 Å². The van der Waals surface area contributed by atoms with Gasteiger partial charge in [-0.2, -0.15) is 30.7 Å². The largest absolute Gasteiger partial charge is 0.459 e. The first-order valence-electron chi connectivity index (χ1n) is 3.59. The maximum Gasteiger partial charge on any atom is 0.459 e. The van der Waals surface area contributed by atoms with Gasteiger partial charge in [0.05, 0.1) is 0 Å². The Balaban J connectivity index is 5.08. The van der Waals surface area contributed by atoms with Crippen molar-refractivity contribution < 1.29 is 35.8 Å². The number of aliphatic hydroxyl groups excluding tert-OH is 1. The third kappa shape index (κ3) is 2.42. The summed E-state index contributed by atoms with van der Waals surface area (Å²) in [5.41, 5.74) is 0. The molecule has 0 fully saturated rings. The van der Waals surface area contributed by atoms with E-state index in [0.717, 1.165) is 0 Å². The van der Waals surface area contributed by atoms with Crippen LogP contribution in [0.2, 0.25) is 0 Å². The highest BCUT2D eigenvalue weighted by Crippen LogP contribution is 2.48. The molecule has 0 amide bonds. The number of alkyl halides is 7. The van der Waals surface area contributed by atoms with Gasteiger partial charge in [0, 0.05) is 0 Å². The summed E-state index contributed by atoms with van der Waals surface area (Å²) in [5.74, 6) is -11.9. The van der Waals surface area contributed by atoms with Gasteiger partial charge in [0.2, 0.25) is 0 Å². The third-order valence-electron chi connectivity index (χ3n) is 1.58. The maximum atomic E-state index is 12.5. The van der Waals surface area contributed by atoms with Crippen LogP contribution in [0.25, 0.3) is 0 Å². The summed E-state index contributed by atoms with van der Waals surface area (Å²) in [4.78, 5) is 0. The number of hydrogen-bond donors (Lipinski definition) is 1. The van der Waals surface area contributed by atoms with Gasteiger partial charge in [-0.05, 0) is 6.42 Å². The Morgan fingerprint density at radius 2 is 1.47 bits per heavy atom. The lowest BCUT2D eigenvalue weighted by molar-refractivity contribution is -0.370. The van der Waals surface area contributed by atoms with Crippen molar-refractivity contribution >= 4 is 0 Å². The van der Waals surface area contributed by atoms with Crippen molar-refractivity contribution in [2.45, 2.75) is 30.5 Å². The molecule has 0 spiro atoms. The quantitative estimate of drug-likeness (QED) is 0.591. The molecule has 1 nitrogen and oxygen atoms in total. The molecule has 0 aliphatic carbocycles. The molecule has 0 bridgehead atoms. The molecule has 0 radical (unpaired) electrons. The molecular weight excluding hydrogens is 233 g/mol. The molecule has 0 heterocycles. The normalized spacial score (nSPS) is 16.3. The van der Waals surface area contributed by atoms with Crippen LogP contribution in [0.3, 0.4) is 0 Å². The SMILES string of the molecule is C=CC[C@@H](O)C(F)(F)C(F)(F)C(F)(F)F. The zero-order valence-electron chi connectivity index (χ0n) is 7.16. The van der Waals surface area contributed by atoms with E-state index in [0.29, 0.717) is 6.08 Å². The van der Waals surface area contributed by atoms with Gasteiger partial charge in [0.15, 0.2) is 0 Å². The standard InChI is InChI=1S/C7H7F7O/c1-2-3-4(15)5(8,9)6(10,11)7(12,13)14/h2,4,15H,1,3H2/t4-/m1/s1. The second-order valence-electron chi connectivity index (χ2n) is 2.74. The van der Waals surface area contributed by atoms with Gasteiger partial charge in [-0.15, -0.1) is 6.58 Å². The average Bonchev–Trinajstić information content (AvgIpc) is 2.02. The molecule has 1 N–H and O–H groups in total. The highest BCUT2D eigenvalue weighted by molar-refractivity contribution is 4.97. The Morgan fingerprint density at radius 3 is 1.73 bits per heavy atom. The molecular formula is C7H7F7O. The van der Waals surface area contributed by atoms with Crippen LogP contribution < -0.4 is 0 Å². The summed E-state index contributed by atoms with van der Waals surface area (Å²) in [6, 6.07) is 0. The smallest absolute Gasteiger partial charge is 0.386 e. The molecule has 0 aliphatic rings. The fourth-order valence-corrected chi connectivity index (χ4v) is 0.704. The Bertz CT molecular complexity index is 232. The zero-order valence-corrected chi connectivity index (χ0v) is 7.16. The number of aliphatic hydroxyl groups is 1. The predicted molar refractivity (Wildman–Crippen MR) is 36.8 cm³/mol. The molecule has 0 aliphatic heterocycles. The van der Waals surface area contributed by atoms with Gasteiger partial charge in [0.1, 0.15) is 6.10 Å². The van der Waals surface area contributed by atoms with E-state index < -0.39 is 30.5 Å². The summed E-state index contributed by atoms with van der Waals surface area (Å²) in [7, 11) is 0. The van der Waals surface area contributed by atoms with E-state index >= 15 is 0 Å². The highest BCUT2D eigenvalue weighted by Gasteiger charge is 2.75. The van der Waals surface area contributed by atoms with Crippen molar-refractivity contribution in [1.29, 1.82) is 0 Å². The molecule has 1 atom stereocenters. The van der Waals surface area contributed by atoms with Crippen molar-refractivity contribution in [3.8, 4) is 0 Å². The number of hydrogen-bond acceptors (Lipinski definition) is 1. The highest BCUT2D eigenvalue weighted by atomic mass is 19.4. The summed E-state index contributed by atoms with van der Waals surface area (Å²) in [6.07, 6.45) is -10.0. The molecule has 0 rings (SSSR count). The lowest BCUT2D eigenvalue weighted by Gasteiger charge is -2.30. The first-order chi connectivity index (χ1) is 6.48. The summed E-state index contributed by atoms with van der Waals surface area (Å²) < 4.78 is 84.1. The van der Waals surface area contributed by atoms with Crippen molar-refractivity contribution in [3.63, 3.8) is 0 Å². The first-order valence-corrected chi connectivity index (χ1v) is 3.59. The van der Waals surface area contributed by atoms with E-state index in [-0.39, 0.29) is 0 Å². The van der Waals surface area contributed by atoms with E-state index in [4.69, 9.17) is 5.11 Å². The molecule has 8 heteroatoms. The molecule has 0 saturated carbocycles. The van der Waals surface area contributed by atoms with Crippen LogP contribution in [0.15, 0.2) is 12.7 Å². The predicted octanol–water partition coefficient (Wildman–Crippen LogP) is 2.76. The lowest BCUT2D eigenvalue weighted by atomic mass is 10.0. The second-order valence-corrected chi connectivity index (χ2v) is 2.74. The topological polar surface area (TPSA) is 20.2 Å². The van der Waals surface area contributed by atoms with E-state index in [1.165, 1.54) is 0 Å². The molecule has 0 aromatic rings. The van der Waals surface area contributed by atoms with Crippen molar-refractivity contribution in [1.82, 2.24) is 0 Å². The minimum Gasteiger partial charge on any atom is -0.386 e. The van der Waals surface area contributed by atoms with Gasteiger partial charge in [-0.3, -0.25) is 0 Å². The monoisotopic (exact) mass is 240 g/mol. The Labute approximate surface area is 80.2 Å². The first kappa shape index (κ1) is 14.2. The second kappa shape index (κ2) is 3.99. The molecule has 0 aromatic heterocycles. The fourth-order valence-electron chi connectivity index (χ4n) is 0.704. The minimum absolute atomic E-state index is 0.616. The lowest BCUT2D eigenvalue weighted by Crippen LogP contribution is -2.57. The summed E-state index contributed by atoms with van der Waals surface area (Å²) in [6.45, 7) is 2.84. The van der Waals surface area contributed by atoms with Crippen LogP contribution in [-0.4, -0.2) is 29.2 Å². The van der Waals surface area contributed by atoms with Crippen molar-refractivity contribution in [2.24, 2.45) is 0 Å². The van der Waals surface area contributed by atoms with E-state index in [9.17, 15) is 30.7 Å². The van der Waals surface area contributed by atoms with Crippen LogP contribution in [0.1, 0.15) is 6.42 Å². The Morgan fingerprint density at radius 1 is 1.07 bits per heavy atom. The summed E-state index contributed by atoms with van der Waals surface area (Å²) in [5, 5.41) is 8.47. The summed E-state index contributed by atoms with van der Waals surface area (Å²) >= 11 is 0. The van der Waals surface area contributed by atoms with Gasteiger partial charge < -0.3 is 5.11 Å². The number of halogens is 7. The van der Waals surface area contributed by atoms with Crippen LogP contribution in [-0.2, 0) is 0 Å². The van der Waals surface area contributed by atoms with Crippen LogP contribution in [0.4, 0.5) is 30.7 Å². The Kier molecular flexibility index (Phi) is 3.78. The maximum absolute atomic E-state index is 12.5. The molecule has 0 aromatic carbocycles. The van der Waals surface area contributed by atoms with Crippen molar-refractivity contribution in [2.75, 3.05) is 0 Å². The third-order valence-corrected chi connectivity index (χ3v) is 1.58. The fraction of sp³-hybridized carbons (Fsp3) is 0.714. The van der Waals surface area contributed by atoms with Crippen molar-refractivity contribution in [3.05, 3.63) is 12.7 Å². The Hall–Kier alpha value is -0.790. The van der Waals surface area contributed by atoms with Gasteiger partial charge in [-0.25, -0.2) is 0 Å². The number of rotatable bonds is 4. The average molecular weight is 240 g/mol. The minimum atomic E-state index is -6.42. The zero-order chi connectivity index (χ0) is 12.5. The van der Waals surface area contributed by atoms with Crippen LogP contribution in [0.5, 0.6) is 0 Å². The molecule has 0 saturated heterocycles. The molecule has 0 unspecified atom stereocenters. The van der Waals surface area contributed by atoms with E-state index in [2.05, 4.69) is 6.58 Å². The van der Waals surface area contributed by atoms with E-state index in [1.807, 2.05) is 0 Å².